The summed E-state index contributed by atoms with van der Waals surface area (Å²) in [5.74, 6) is -0.488. The lowest BCUT2D eigenvalue weighted by Gasteiger charge is -2.29. The van der Waals surface area contributed by atoms with Crippen LogP contribution in [0.5, 0.6) is 0 Å². The quantitative estimate of drug-likeness (QED) is 0.700. The first-order valence-electron chi connectivity index (χ1n) is 5.94. The number of rotatable bonds is 5. The number of aliphatic hydroxyl groups excluding tert-OH is 2. The molecule has 3 N–H and O–H groups in total. The molecule has 1 aromatic heterocycles. The summed E-state index contributed by atoms with van der Waals surface area (Å²) >= 11 is 0. The number of carbonyl (C=O) groups excluding carboxylic acids is 1. The van der Waals surface area contributed by atoms with Gasteiger partial charge in [0.15, 0.2) is 0 Å². The molecule has 6 heteroatoms. The van der Waals surface area contributed by atoms with Gasteiger partial charge >= 0.3 is 0 Å². The van der Waals surface area contributed by atoms with Gasteiger partial charge in [-0.15, -0.1) is 0 Å². The van der Waals surface area contributed by atoms with Crippen LogP contribution in [0.15, 0.2) is 12.1 Å². The molecule has 1 aromatic rings. The number of carbonyl (C=O) groups is 1. The fraction of sp³-hybridized carbons (Fsp3) is 0.462. The minimum atomic E-state index is -1.05. The summed E-state index contributed by atoms with van der Waals surface area (Å²) in [5, 5.41) is 29.9. The van der Waals surface area contributed by atoms with Gasteiger partial charge in [0.1, 0.15) is 11.8 Å². The summed E-state index contributed by atoms with van der Waals surface area (Å²) in [6.07, 6.45) is 0.390. The standard InChI is InChI=1S/C13H17N3O3/c1-3-13(7-17,8-18)16-12(19)11-5-4-10(6-14)9(2)15-11/h4-5,17-18H,3,7-8H2,1-2H3,(H,16,19). The Morgan fingerprint density at radius 3 is 2.53 bits per heavy atom. The number of nitriles is 1. The van der Waals surface area contributed by atoms with Crippen LogP contribution in [-0.4, -0.2) is 39.9 Å². The molecule has 0 saturated heterocycles. The molecule has 1 heterocycles. The van der Waals surface area contributed by atoms with Crippen LogP contribution in [0.3, 0.4) is 0 Å². The van der Waals surface area contributed by atoms with E-state index < -0.39 is 11.4 Å². The van der Waals surface area contributed by atoms with Gasteiger partial charge in [-0.3, -0.25) is 4.79 Å². The van der Waals surface area contributed by atoms with Gasteiger partial charge in [0.25, 0.3) is 5.91 Å². The van der Waals surface area contributed by atoms with Gasteiger partial charge in [-0.1, -0.05) is 6.92 Å². The minimum absolute atomic E-state index is 0.149. The van der Waals surface area contributed by atoms with Crippen molar-refractivity contribution in [2.24, 2.45) is 0 Å². The molecular formula is C13H17N3O3. The Kier molecular flexibility index (Phi) is 4.98. The normalized spacial score (nSPS) is 10.9. The Morgan fingerprint density at radius 2 is 2.11 bits per heavy atom. The van der Waals surface area contributed by atoms with Crippen molar-refractivity contribution in [3.63, 3.8) is 0 Å². The van der Waals surface area contributed by atoms with E-state index in [0.717, 1.165) is 0 Å². The van der Waals surface area contributed by atoms with Crippen molar-refractivity contribution in [1.29, 1.82) is 5.26 Å². The molecule has 6 nitrogen and oxygen atoms in total. The van der Waals surface area contributed by atoms with Crippen molar-refractivity contribution in [1.82, 2.24) is 10.3 Å². The Hall–Kier alpha value is -1.97. The van der Waals surface area contributed by atoms with Crippen LogP contribution in [0.2, 0.25) is 0 Å². The van der Waals surface area contributed by atoms with Gasteiger partial charge < -0.3 is 15.5 Å². The Balaban J connectivity index is 2.96. The number of pyridine rings is 1. The van der Waals surface area contributed by atoms with E-state index in [1.54, 1.807) is 13.8 Å². The maximum absolute atomic E-state index is 12.0. The predicted octanol–water partition coefficient (Wildman–Crippen LogP) is 0.125. The number of aryl methyl sites for hydroxylation is 1. The molecular weight excluding hydrogens is 246 g/mol. The summed E-state index contributed by atoms with van der Waals surface area (Å²) in [6, 6.07) is 4.93. The molecule has 0 saturated carbocycles. The molecule has 0 aliphatic carbocycles. The molecule has 1 amide bonds. The van der Waals surface area contributed by atoms with Crippen LogP contribution in [0, 0.1) is 18.3 Å². The predicted molar refractivity (Wildman–Crippen MR) is 68.3 cm³/mol. The smallest absolute Gasteiger partial charge is 0.270 e. The van der Waals surface area contributed by atoms with E-state index in [4.69, 9.17) is 5.26 Å². The highest BCUT2D eigenvalue weighted by molar-refractivity contribution is 5.93. The van der Waals surface area contributed by atoms with Gasteiger partial charge in [0.2, 0.25) is 0 Å². The molecule has 0 atom stereocenters. The molecule has 0 spiro atoms. The first kappa shape index (κ1) is 15.1. The lowest BCUT2D eigenvalue weighted by Crippen LogP contribution is -2.54. The van der Waals surface area contributed by atoms with Gasteiger partial charge in [-0.05, 0) is 25.5 Å². The molecule has 1 rings (SSSR count). The number of hydrogen-bond acceptors (Lipinski definition) is 5. The molecule has 0 radical (unpaired) electrons. The zero-order chi connectivity index (χ0) is 14.5. The van der Waals surface area contributed by atoms with Crippen LogP contribution in [-0.2, 0) is 0 Å². The molecule has 19 heavy (non-hydrogen) atoms. The SMILES string of the molecule is CCC(CO)(CO)NC(=O)c1ccc(C#N)c(C)n1. The van der Waals surface area contributed by atoms with Crippen molar-refractivity contribution >= 4 is 5.91 Å². The minimum Gasteiger partial charge on any atom is -0.394 e. The average molecular weight is 263 g/mol. The Bertz CT molecular complexity index is 496. The third-order valence-corrected chi connectivity index (χ3v) is 3.10. The number of hydrogen-bond donors (Lipinski definition) is 3. The first-order valence-corrected chi connectivity index (χ1v) is 5.94. The van der Waals surface area contributed by atoms with E-state index >= 15 is 0 Å². The van der Waals surface area contributed by atoms with E-state index in [1.165, 1.54) is 12.1 Å². The lowest BCUT2D eigenvalue weighted by atomic mass is 9.98. The van der Waals surface area contributed by atoms with Crippen LogP contribution in [0.4, 0.5) is 0 Å². The summed E-state index contributed by atoms with van der Waals surface area (Å²) in [4.78, 5) is 16.0. The molecule has 0 fully saturated rings. The zero-order valence-corrected chi connectivity index (χ0v) is 11.0. The second-order valence-corrected chi connectivity index (χ2v) is 4.35. The highest BCUT2D eigenvalue weighted by Gasteiger charge is 2.29. The van der Waals surface area contributed by atoms with E-state index in [0.29, 0.717) is 17.7 Å². The summed E-state index contributed by atoms with van der Waals surface area (Å²) in [6.45, 7) is 2.67. The average Bonchev–Trinajstić information content (AvgIpc) is 2.44. The summed E-state index contributed by atoms with van der Waals surface area (Å²) in [7, 11) is 0. The highest BCUT2D eigenvalue weighted by Crippen LogP contribution is 2.11. The molecule has 0 aromatic carbocycles. The fourth-order valence-electron chi connectivity index (χ4n) is 1.55. The molecule has 0 aliphatic heterocycles. The third-order valence-electron chi connectivity index (χ3n) is 3.10. The van der Waals surface area contributed by atoms with Crippen molar-refractivity contribution in [3.8, 4) is 6.07 Å². The number of nitrogens with zero attached hydrogens (tertiary/aromatic N) is 2. The van der Waals surface area contributed by atoms with Crippen molar-refractivity contribution < 1.29 is 15.0 Å². The van der Waals surface area contributed by atoms with Crippen LogP contribution in [0.1, 0.15) is 35.1 Å². The Morgan fingerprint density at radius 1 is 1.47 bits per heavy atom. The van der Waals surface area contributed by atoms with Crippen molar-refractivity contribution in [2.45, 2.75) is 25.8 Å². The number of aromatic nitrogens is 1. The van der Waals surface area contributed by atoms with Crippen molar-refractivity contribution in [3.05, 3.63) is 29.1 Å². The maximum atomic E-state index is 12.0. The molecule has 0 bridgehead atoms. The number of amides is 1. The topological polar surface area (TPSA) is 106 Å². The van der Waals surface area contributed by atoms with Gasteiger partial charge in [-0.2, -0.15) is 5.26 Å². The second kappa shape index (κ2) is 6.27. The van der Waals surface area contributed by atoms with E-state index in [1.807, 2.05) is 6.07 Å². The van der Waals surface area contributed by atoms with Crippen LogP contribution >= 0.6 is 0 Å². The summed E-state index contributed by atoms with van der Waals surface area (Å²) in [5.41, 5.74) is -0.0373. The van der Waals surface area contributed by atoms with E-state index in [-0.39, 0.29) is 18.9 Å². The largest absolute Gasteiger partial charge is 0.394 e. The van der Waals surface area contributed by atoms with Gasteiger partial charge in [0.05, 0.1) is 30.0 Å². The second-order valence-electron chi connectivity index (χ2n) is 4.35. The van der Waals surface area contributed by atoms with E-state index in [2.05, 4.69) is 10.3 Å². The van der Waals surface area contributed by atoms with Crippen LogP contribution < -0.4 is 5.32 Å². The Labute approximate surface area is 111 Å². The zero-order valence-electron chi connectivity index (χ0n) is 11.0. The van der Waals surface area contributed by atoms with Gasteiger partial charge in [0, 0.05) is 0 Å². The molecule has 0 aliphatic rings. The molecule has 0 unspecified atom stereocenters. The number of nitrogens with one attached hydrogen (secondary N) is 1. The lowest BCUT2D eigenvalue weighted by molar-refractivity contribution is 0.0649. The highest BCUT2D eigenvalue weighted by atomic mass is 16.3. The third kappa shape index (κ3) is 3.28. The fourth-order valence-corrected chi connectivity index (χ4v) is 1.55. The van der Waals surface area contributed by atoms with Crippen molar-refractivity contribution in [2.75, 3.05) is 13.2 Å². The maximum Gasteiger partial charge on any atom is 0.270 e. The molecule has 102 valence electrons. The monoisotopic (exact) mass is 263 g/mol. The summed E-state index contributed by atoms with van der Waals surface area (Å²) < 4.78 is 0. The first-order chi connectivity index (χ1) is 9.01. The van der Waals surface area contributed by atoms with Crippen LogP contribution in [0.25, 0.3) is 0 Å². The number of aliphatic hydroxyl groups is 2. The van der Waals surface area contributed by atoms with E-state index in [9.17, 15) is 15.0 Å². The van der Waals surface area contributed by atoms with Gasteiger partial charge in [-0.25, -0.2) is 4.98 Å².